The van der Waals surface area contributed by atoms with E-state index in [9.17, 15) is 0 Å². The zero-order valence-corrected chi connectivity index (χ0v) is 7.95. The van der Waals surface area contributed by atoms with Gasteiger partial charge in [0.15, 0.2) is 5.82 Å². The summed E-state index contributed by atoms with van der Waals surface area (Å²) in [6, 6.07) is 5.49. The molecule has 0 bridgehead atoms. The lowest BCUT2D eigenvalue weighted by atomic mass is 10.3. The van der Waals surface area contributed by atoms with Crippen molar-refractivity contribution < 1.29 is 0 Å². The van der Waals surface area contributed by atoms with Crippen molar-refractivity contribution in [3.63, 3.8) is 0 Å². The van der Waals surface area contributed by atoms with Crippen molar-refractivity contribution in [2.75, 3.05) is 5.73 Å². The highest BCUT2D eigenvalue weighted by Gasteiger charge is 2.08. The Morgan fingerprint density at radius 2 is 2.07 bits per heavy atom. The molecule has 2 aromatic heterocycles. The van der Waals surface area contributed by atoms with Gasteiger partial charge < -0.3 is 5.73 Å². The summed E-state index contributed by atoms with van der Waals surface area (Å²) in [6.45, 7) is 0. The zero-order valence-electron chi connectivity index (χ0n) is 7.14. The maximum atomic E-state index is 8.72. The third-order valence-electron chi connectivity index (χ3n) is 1.65. The summed E-state index contributed by atoms with van der Waals surface area (Å²) in [5, 5.41) is 8.72. The summed E-state index contributed by atoms with van der Waals surface area (Å²) in [5.74, 6) is 0.603. The topological polar surface area (TPSA) is 75.6 Å². The molecule has 2 rings (SSSR count). The first-order valence-electron chi connectivity index (χ1n) is 3.88. The molecule has 14 heavy (non-hydrogen) atoms. The van der Waals surface area contributed by atoms with Gasteiger partial charge in [-0.1, -0.05) is 0 Å². The van der Waals surface area contributed by atoms with Crippen LogP contribution in [0.4, 0.5) is 5.69 Å². The quantitative estimate of drug-likeness (QED) is 0.763. The molecule has 0 amide bonds. The molecule has 0 aliphatic rings. The molecule has 0 saturated heterocycles. The number of hydrogen-bond donors (Lipinski definition) is 1. The molecule has 2 N–H and O–H groups in total. The molecule has 5 heteroatoms. The molecule has 0 aliphatic heterocycles. The van der Waals surface area contributed by atoms with E-state index < -0.39 is 0 Å². The van der Waals surface area contributed by atoms with Gasteiger partial charge in [-0.25, -0.2) is 9.97 Å². The Balaban J connectivity index is 2.50. The van der Waals surface area contributed by atoms with Gasteiger partial charge in [0.2, 0.25) is 0 Å². The van der Waals surface area contributed by atoms with E-state index in [0.29, 0.717) is 16.4 Å². The number of nitrogens with zero attached hydrogens (tertiary/aromatic N) is 3. The van der Waals surface area contributed by atoms with Crippen molar-refractivity contribution in [2.45, 2.75) is 0 Å². The molecule has 0 spiro atoms. The van der Waals surface area contributed by atoms with Crippen molar-refractivity contribution >= 4 is 17.0 Å². The van der Waals surface area contributed by atoms with Crippen LogP contribution in [-0.2, 0) is 0 Å². The molecule has 68 valence electrons. The van der Waals surface area contributed by atoms with Crippen LogP contribution in [0.25, 0.3) is 10.7 Å². The van der Waals surface area contributed by atoms with Crippen molar-refractivity contribution in [3.8, 4) is 16.8 Å². The van der Waals surface area contributed by atoms with Gasteiger partial charge in [0, 0.05) is 12.4 Å². The minimum absolute atomic E-state index is 0.486. The number of nitrogens with two attached hydrogens (primary N) is 1. The Bertz CT molecular complexity index is 483. The molecule has 0 radical (unpaired) electrons. The molecule has 0 atom stereocenters. The average molecular weight is 202 g/mol. The van der Waals surface area contributed by atoms with E-state index in [-0.39, 0.29) is 0 Å². The second-order valence-electron chi connectivity index (χ2n) is 2.58. The summed E-state index contributed by atoms with van der Waals surface area (Å²) < 4.78 is 0. The fourth-order valence-electron chi connectivity index (χ4n) is 1.03. The first-order valence-corrected chi connectivity index (χ1v) is 4.69. The van der Waals surface area contributed by atoms with Crippen LogP contribution in [0.15, 0.2) is 24.5 Å². The first-order chi connectivity index (χ1) is 6.81. The molecular weight excluding hydrogens is 196 g/mol. The average Bonchev–Trinajstić information content (AvgIpc) is 2.61. The molecule has 0 aliphatic carbocycles. The summed E-state index contributed by atoms with van der Waals surface area (Å²) in [7, 11) is 0. The molecule has 2 aromatic rings. The lowest BCUT2D eigenvalue weighted by Crippen LogP contribution is -1.83. The molecule has 0 unspecified atom stereocenters. The van der Waals surface area contributed by atoms with Gasteiger partial charge in [-0.2, -0.15) is 5.26 Å². The molecule has 0 fully saturated rings. The second-order valence-corrected chi connectivity index (χ2v) is 3.63. The third kappa shape index (κ3) is 1.43. The Hall–Kier alpha value is -1.93. The van der Waals surface area contributed by atoms with Crippen LogP contribution < -0.4 is 5.73 Å². The third-order valence-corrected chi connectivity index (χ3v) is 2.70. The Labute approximate surface area is 84.7 Å². The van der Waals surface area contributed by atoms with Crippen LogP contribution in [0.5, 0.6) is 0 Å². The number of aromatic nitrogens is 2. The van der Waals surface area contributed by atoms with Crippen LogP contribution >= 0.6 is 11.3 Å². The fraction of sp³-hybridized carbons (Fsp3) is 0. The maximum absolute atomic E-state index is 8.72. The molecule has 4 nitrogen and oxygen atoms in total. The number of thiophene rings is 1. The van der Waals surface area contributed by atoms with E-state index in [1.54, 1.807) is 24.5 Å². The molecule has 0 saturated carbocycles. The number of nitrogen functional groups attached to an aromatic ring is 1. The van der Waals surface area contributed by atoms with E-state index in [2.05, 4.69) is 9.97 Å². The summed E-state index contributed by atoms with van der Waals surface area (Å²) in [6.07, 6.45) is 3.31. The van der Waals surface area contributed by atoms with E-state index in [0.717, 1.165) is 4.88 Å². The minimum Gasteiger partial charge on any atom is -0.397 e. The van der Waals surface area contributed by atoms with E-state index >= 15 is 0 Å². The Morgan fingerprint density at radius 3 is 2.64 bits per heavy atom. The maximum Gasteiger partial charge on any atom is 0.169 e. The van der Waals surface area contributed by atoms with Gasteiger partial charge in [-0.3, -0.25) is 0 Å². The molecule has 0 aromatic carbocycles. The SMILES string of the molecule is N#Cc1sc(-c2ncccn2)cc1N. The van der Waals surface area contributed by atoms with Crippen molar-refractivity contribution in [1.82, 2.24) is 9.97 Å². The van der Waals surface area contributed by atoms with Crippen LogP contribution in [-0.4, -0.2) is 9.97 Å². The zero-order chi connectivity index (χ0) is 9.97. The molecule has 2 heterocycles. The van der Waals surface area contributed by atoms with Gasteiger partial charge in [0.25, 0.3) is 0 Å². The monoisotopic (exact) mass is 202 g/mol. The van der Waals surface area contributed by atoms with Gasteiger partial charge in [0.1, 0.15) is 10.9 Å². The minimum atomic E-state index is 0.486. The largest absolute Gasteiger partial charge is 0.397 e. The van der Waals surface area contributed by atoms with Crippen LogP contribution in [0.1, 0.15) is 4.88 Å². The standard InChI is InChI=1S/C9H6N4S/c10-5-8-6(11)4-7(14-8)9-12-2-1-3-13-9/h1-4H,11H2. The number of rotatable bonds is 1. The Morgan fingerprint density at radius 1 is 1.36 bits per heavy atom. The predicted molar refractivity (Wildman–Crippen MR) is 54.5 cm³/mol. The van der Waals surface area contributed by atoms with E-state index in [4.69, 9.17) is 11.0 Å². The van der Waals surface area contributed by atoms with Gasteiger partial charge >= 0.3 is 0 Å². The van der Waals surface area contributed by atoms with Gasteiger partial charge in [-0.15, -0.1) is 11.3 Å². The second kappa shape index (κ2) is 3.44. The highest BCUT2D eigenvalue weighted by atomic mass is 32.1. The van der Waals surface area contributed by atoms with Crippen LogP contribution in [0, 0.1) is 11.3 Å². The van der Waals surface area contributed by atoms with Crippen molar-refractivity contribution in [2.24, 2.45) is 0 Å². The summed E-state index contributed by atoms with van der Waals surface area (Å²) in [4.78, 5) is 9.47. The van der Waals surface area contributed by atoms with Crippen LogP contribution in [0.3, 0.4) is 0 Å². The van der Waals surface area contributed by atoms with Crippen molar-refractivity contribution in [1.29, 1.82) is 5.26 Å². The highest BCUT2D eigenvalue weighted by Crippen LogP contribution is 2.29. The Kier molecular flexibility index (Phi) is 2.13. The van der Waals surface area contributed by atoms with Gasteiger partial charge in [-0.05, 0) is 12.1 Å². The summed E-state index contributed by atoms with van der Waals surface area (Å²) in [5.41, 5.74) is 6.11. The number of hydrogen-bond acceptors (Lipinski definition) is 5. The number of anilines is 1. The lowest BCUT2D eigenvalue weighted by Gasteiger charge is -1.91. The molecular formula is C9H6N4S. The van der Waals surface area contributed by atoms with Crippen LogP contribution in [0.2, 0.25) is 0 Å². The highest BCUT2D eigenvalue weighted by molar-refractivity contribution is 7.16. The van der Waals surface area contributed by atoms with Gasteiger partial charge in [0.05, 0.1) is 10.6 Å². The van der Waals surface area contributed by atoms with E-state index in [1.165, 1.54) is 11.3 Å². The smallest absolute Gasteiger partial charge is 0.169 e. The normalized spacial score (nSPS) is 9.64. The number of nitriles is 1. The lowest BCUT2D eigenvalue weighted by molar-refractivity contribution is 1.19. The first kappa shape index (κ1) is 8.66. The summed E-state index contributed by atoms with van der Waals surface area (Å²) >= 11 is 1.30. The van der Waals surface area contributed by atoms with E-state index in [1.807, 2.05) is 6.07 Å². The fourth-order valence-corrected chi connectivity index (χ4v) is 1.85. The predicted octanol–water partition coefficient (Wildman–Crippen LogP) is 1.66. The van der Waals surface area contributed by atoms with Crippen molar-refractivity contribution in [3.05, 3.63) is 29.4 Å².